The predicted octanol–water partition coefficient (Wildman–Crippen LogP) is 6.13. The van der Waals surface area contributed by atoms with E-state index in [2.05, 4.69) is 19.7 Å². The summed E-state index contributed by atoms with van der Waals surface area (Å²) in [6.45, 7) is 15.6. The number of carbonyl (C=O) groups excluding carboxylic acids is 3. The van der Waals surface area contributed by atoms with Gasteiger partial charge in [0.15, 0.2) is 6.29 Å². The lowest BCUT2D eigenvalue weighted by Crippen LogP contribution is -2.13. The summed E-state index contributed by atoms with van der Waals surface area (Å²) in [5.41, 5.74) is 4.54. The van der Waals surface area contributed by atoms with E-state index in [9.17, 15) is 19.5 Å². The number of aliphatic hydroxyl groups is 1. The van der Waals surface area contributed by atoms with Crippen molar-refractivity contribution < 1.29 is 43.2 Å². The lowest BCUT2D eigenvalue weighted by molar-refractivity contribution is -0.147. The van der Waals surface area contributed by atoms with Gasteiger partial charge >= 0.3 is 17.9 Å². The monoisotopic (exact) mass is 600 g/mol. The van der Waals surface area contributed by atoms with Crippen molar-refractivity contribution in [3.8, 4) is 33.8 Å². The van der Waals surface area contributed by atoms with Crippen LogP contribution in [0.15, 0.2) is 103 Å². The molecule has 0 fully saturated rings. The van der Waals surface area contributed by atoms with Gasteiger partial charge in [0.2, 0.25) is 0 Å². The van der Waals surface area contributed by atoms with E-state index in [0.717, 1.165) is 22.3 Å². The van der Waals surface area contributed by atoms with Gasteiger partial charge in [0.25, 0.3) is 0 Å². The van der Waals surface area contributed by atoms with E-state index in [1.807, 2.05) is 18.2 Å². The molecule has 0 amide bonds. The fraction of sp³-hybridized carbons (Fsp3) is 0.229. The van der Waals surface area contributed by atoms with Crippen molar-refractivity contribution in [2.24, 2.45) is 0 Å². The predicted molar refractivity (Wildman–Crippen MR) is 166 cm³/mol. The van der Waals surface area contributed by atoms with Crippen molar-refractivity contribution in [1.82, 2.24) is 0 Å². The molecule has 0 radical (unpaired) electrons. The summed E-state index contributed by atoms with van der Waals surface area (Å²) in [5.74, 6) is -0.567. The van der Waals surface area contributed by atoms with E-state index < -0.39 is 24.2 Å². The Morgan fingerprint density at radius 1 is 0.614 bits per heavy atom. The number of aliphatic hydroxyl groups excluding tert-OH is 1. The first-order chi connectivity index (χ1) is 20.9. The highest BCUT2D eigenvalue weighted by Gasteiger charge is 2.14. The zero-order valence-corrected chi connectivity index (χ0v) is 25.1. The molecule has 0 aliphatic rings. The van der Waals surface area contributed by atoms with Crippen LogP contribution in [0.2, 0.25) is 0 Å². The maximum atomic E-state index is 11.9. The van der Waals surface area contributed by atoms with Crippen LogP contribution in [-0.4, -0.2) is 49.4 Å². The summed E-state index contributed by atoms with van der Waals surface area (Å²) >= 11 is 0. The molecular formula is C35H36O9. The second kappa shape index (κ2) is 16.0. The molecule has 0 aromatic heterocycles. The highest BCUT2D eigenvalue weighted by atomic mass is 16.6. The maximum Gasteiger partial charge on any atom is 0.338 e. The van der Waals surface area contributed by atoms with E-state index in [4.69, 9.17) is 23.7 Å². The molecule has 0 saturated heterocycles. The molecule has 3 rings (SSSR count). The fourth-order valence-corrected chi connectivity index (χ4v) is 3.71. The third-order valence-electron chi connectivity index (χ3n) is 6.05. The molecule has 230 valence electrons. The maximum absolute atomic E-state index is 11.9. The van der Waals surface area contributed by atoms with Gasteiger partial charge in [-0.2, -0.15) is 0 Å². The molecule has 0 aliphatic carbocycles. The van der Waals surface area contributed by atoms with E-state index >= 15 is 0 Å². The van der Waals surface area contributed by atoms with Crippen LogP contribution in [-0.2, 0) is 28.6 Å². The van der Waals surface area contributed by atoms with Crippen molar-refractivity contribution in [3.63, 3.8) is 0 Å². The van der Waals surface area contributed by atoms with Gasteiger partial charge in [-0.1, -0.05) is 44.0 Å². The molecule has 44 heavy (non-hydrogen) atoms. The lowest BCUT2D eigenvalue weighted by Gasteiger charge is -2.16. The van der Waals surface area contributed by atoms with Crippen molar-refractivity contribution >= 4 is 17.9 Å². The Hall–Kier alpha value is -4.99. The molecular weight excluding hydrogens is 564 g/mol. The Labute approximate surface area is 257 Å². The largest absolute Gasteiger partial charge is 0.490 e. The van der Waals surface area contributed by atoms with Gasteiger partial charge in [-0.05, 0) is 85.5 Å². The van der Waals surface area contributed by atoms with Crippen LogP contribution < -0.4 is 9.47 Å². The SMILES string of the molecule is C=C(C)C(=O)OCCOc1ccc(-c2cc(-c3ccc(OC(=O)C(=C)C)cc3)cc(C(O)OCCOC(=O)C(=C)C)c2)cc1. The number of hydrogen-bond donors (Lipinski definition) is 1. The summed E-state index contributed by atoms with van der Waals surface area (Å²) < 4.78 is 26.6. The van der Waals surface area contributed by atoms with E-state index in [0.29, 0.717) is 22.6 Å². The lowest BCUT2D eigenvalue weighted by atomic mass is 9.95. The quantitative estimate of drug-likeness (QED) is 0.0723. The molecule has 1 atom stereocenters. The van der Waals surface area contributed by atoms with E-state index in [-0.39, 0.29) is 37.6 Å². The van der Waals surface area contributed by atoms with Crippen LogP contribution in [0, 0.1) is 0 Å². The zero-order valence-electron chi connectivity index (χ0n) is 25.1. The minimum Gasteiger partial charge on any atom is -0.490 e. The third kappa shape index (κ3) is 10.1. The van der Waals surface area contributed by atoms with Gasteiger partial charge in [0.05, 0.1) is 6.61 Å². The average molecular weight is 601 g/mol. The first kappa shape index (κ1) is 33.5. The number of ether oxygens (including phenoxy) is 5. The second-order valence-corrected chi connectivity index (χ2v) is 9.97. The molecule has 9 heteroatoms. The molecule has 3 aromatic rings. The molecule has 0 aliphatic heterocycles. The summed E-state index contributed by atoms with van der Waals surface area (Å²) in [6.07, 6.45) is -1.31. The smallest absolute Gasteiger partial charge is 0.338 e. The molecule has 9 nitrogen and oxygen atoms in total. The molecule has 0 bridgehead atoms. The van der Waals surface area contributed by atoms with Crippen LogP contribution in [0.1, 0.15) is 32.6 Å². The molecule has 0 saturated carbocycles. The number of rotatable bonds is 15. The highest BCUT2D eigenvalue weighted by Crippen LogP contribution is 2.32. The van der Waals surface area contributed by atoms with Crippen LogP contribution in [0.5, 0.6) is 11.5 Å². The Bertz CT molecular complexity index is 1520. The van der Waals surface area contributed by atoms with Crippen molar-refractivity contribution in [2.45, 2.75) is 27.1 Å². The van der Waals surface area contributed by atoms with Crippen LogP contribution in [0.3, 0.4) is 0 Å². The Morgan fingerprint density at radius 2 is 1.07 bits per heavy atom. The van der Waals surface area contributed by atoms with Gasteiger partial charge in [0.1, 0.15) is 31.3 Å². The summed E-state index contributed by atoms with van der Waals surface area (Å²) in [6, 6.07) is 19.8. The highest BCUT2D eigenvalue weighted by molar-refractivity contribution is 5.89. The number of carbonyl (C=O) groups is 3. The van der Waals surface area contributed by atoms with Crippen molar-refractivity contribution in [1.29, 1.82) is 0 Å². The first-order valence-electron chi connectivity index (χ1n) is 13.8. The Kier molecular flexibility index (Phi) is 12.2. The van der Waals surface area contributed by atoms with Crippen LogP contribution in [0.25, 0.3) is 22.3 Å². The standard InChI is InChI=1S/C35H36O9/c1-22(2)32(36)41-16-15-40-30-11-7-25(8-12-30)27-19-28(26-9-13-31(14-10-26)44-34(38)24(5)6)21-29(20-27)35(39)43-18-17-42-33(37)23(3)4/h7-14,19-21,35,39H,1,3,5,15-18H2,2,4,6H3. The van der Waals surface area contributed by atoms with Crippen molar-refractivity contribution in [3.05, 3.63) is 109 Å². The minimum absolute atomic E-state index is 0.0315. The summed E-state index contributed by atoms with van der Waals surface area (Å²) in [7, 11) is 0. The molecule has 3 aromatic carbocycles. The third-order valence-corrected chi connectivity index (χ3v) is 6.05. The molecule has 1 N–H and O–H groups in total. The summed E-state index contributed by atoms with van der Waals surface area (Å²) in [4.78, 5) is 35.0. The van der Waals surface area contributed by atoms with Gasteiger partial charge < -0.3 is 28.8 Å². The van der Waals surface area contributed by atoms with Gasteiger partial charge in [0, 0.05) is 22.3 Å². The minimum atomic E-state index is -1.31. The van der Waals surface area contributed by atoms with Crippen LogP contribution in [0.4, 0.5) is 0 Å². The second-order valence-electron chi connectivity index (χ2n) is 9.97. The molecule has 0 heterocycles. The molecule has 0 spiro atoms. The first-order valence-corrected chi connectivity index (χ1v) is 13.8. The number of hydrogen-bond acceptors (Lipinski definition) is 9. The Balaban J connectivity index is 1.81. The summed E-state index contributed by atoms with van der Waals surface area (Å²) in [5, 5.41) is 10.9. The number of benzene rings is 3. The number of esters is 3. The Morgan fingerprint density at radius 3 is 1.55 bits per heavy atom. The fourth-order valence-electron chi connectivity index (χ4n) is 3.71. The molecule has 1 unspecified atom stereocenters. The normalized spacial score (nSPS) is 11.2. The average Bonchev–Trinajstić information content (AvgIpc) is 3.01. The van der Waals surface area contributed by atoms with Gasteiger partial charge in [-0.3, -0.25) is 0 Å². The zero-order chi connectivity index (χ0) is 32.2. The van der Waals surface area contributed by atoms with E-state index in [1.54, 1.807) is 69.3 Å². The van der Waals surface area contributed by atoms with Crippen LogP contribution >= 0.6 is 0 Å². The topological polar surface area (TPSA) is 118 Å². The van der Waals surface area contributed by atoms with Crippen molar-refractivity contribution in [2.75, 3.05) is 26.4 Å². The van der Waals surface area contributed by atoms with Gasteiger partial charge in [-0.25, -0.2) is 14.4 Å². The van der Waals surface area contributed by atoms with Gasteiger partial charge in [-0.15, -0.1) is 0 Å². The van der Waals surface area contributed by atoms with E-state index in [1.165, 1.54) is 0 Å².